The van der Waals surface area contributed by atoms with E-state index in [-0.39, 0.29) is 5.91 Å². The zero-order valence-electron chi connectivity index (χ0n) is 10.7. The molecule has 0 saturated carbocycles. The van der Waals surface area contributed by atoms with Crippen LogP contribution in [0.5, 0.6) is 0 Å². The maximum absolute atomic E-state index is 12.1. The Balaban J connectivity index is 2.14. The fourth-order valence-corrected chi connectivity index (χ4v) is 2.11. The molecular weight excluding hydrogens is 228 g/mol. The molecule has 0 atom stereocenters. The van der Waals surface area contributed by atoms with Crippen molar-refractivity contribution in [2.45, 2.75) is 27.3 Å². The van der Waals surface area contributed by atoms with E-state index >= 15 is 0 Å². The lowest BCUT2D eigenvalue weighted by Gasteiger charge is -2.10. The van der Waals surface area contributed by atoms with Crippen LogP contribution >= 0.6 is 0 Å². The van der Waals surface area contributed by atoms with E-state index in [2.05, 4.69) is 20.5 Å². The average Bonchev–Trinajstić information content (AvgIpc) is 2.77. The van der Waals surface area contributed by atoms with Gasteiger partial charge in [0.1, 0.15) is 12.2 Å². The number of H-pyrrole nitrogens is 1. The van der Waals surface area contributed by atoms with Crippen molar-refractivity contribution in [3.63, 3.8) is 0 Å². The van der Waals surface area contributed by atoms with Crippen molar-refractivity contribution >= 4 is 5.91 Å². The SMILES string of the molecule is Cc1cc(C)c(C(=O)NCc2ncn[nH]2)c(C)c1. The summed E-state index contributed by atoms with van der Waals surface area (Å²) in [7, 11) is 0. The van der Waals surface area contributed by atoms with Gasteiger partial charge < -0.3 is 5.32 Å². The predicted octanol–water partition coefficient (Wildman–Crippen LogP) is 1.66. The van der Waals surface area contributed by atoms with Gasteiger partial charge in [-0.25, -0.2) is 4.98 Å². The topological polar surface area (TPSA) is 70.7 Å². The summed E-state index contributed by atoms with van der Waals surface area (Å²) in [5, 5.41) is 9.27. The number of carbonyl (C=O) groups excluding carboxylic acids is 1. The van der Waals surface area contributed by atoms with Crippen LogP contribution in [0.2, 0.25) is 0 Å². The minimum Gasteiger partial charge on any atom is -0.345 e. The van der Waals surface area contributed by atoms with Gasteiger partial charge >= 0.3 is 0 Å². The van der Waals surface area contributed by atoms with Crippen LogP contribution in [0.4, 0.5) is 0 Å². The third kappa shape index (κ3) is 2.56. The lowest BCUT2D eigenvalue weighted by molar-refractivity contribution is 0.0948. The first-order valence-corrected chi connectivity index (χ1v) is 5.78. The highest BCUT2D eigenvalue weighted by Gasteiger charge is 2.12. The molecule has 0 aliphatic rings. The minimum absolute atomic E-state index is 0.0820. The number of nitrogens with zero attached hydrogens (tertiary/aromatic N) is 2. The van der Waals surface area contributed by atoms with E-state index in [4.69, 9.17) is 0 Å². The number of benzene rings is 1. The third-order valence-corrected chi connectivity index (χ3v) is 2.79. The van der Waals surface area contributed by atoms with Crippen molar-refractivity contribution in [1.29, 1.82) is 0 Å². The van der Waals surface area contributed by atoms with Crippen molar-refractivity contribution in [2.75, 3.05) is 0 Å². The highest BCUT2D eigenvalue weighted by atomic mass is 16.1. The van der Waals surface area contributed by atoms with Crippen molar-refractivity contribution in [3.8, 4) is 0 Å². The summed E-state index contributed by atoms with van der Waals surface area (Å²) in [6.45, 7) is 6.27. The first kappa shape index (κ1) is 12.3. The largest absolute Gasteiger partial charge is 0.345 e. The van der Waals surface area contributed by atoms with Crippen LogP contribution < -0.4 is 5.32 Å². The number of nitrogens with one attached hydrogen (secondary N) is 2. The molecule has 5 nitrogen and oxygen atoms in total. The fourth-order valence-electron chi connectivity index (χ4n) is 2.11. The lowest BCUT2D eigenvalue weighted by atomic mass is 9.99. The molecule has 0 spiro atoms. The second-order valence-electron chi connectivity index (χ2n) is 4.39. The molecule has 0 fully saturated rings. The van der Waals surface area contributed by atoms with Gasteiger partial charge in [-0.3, -0.25) is 9.89 Å². The summed E-state index contributed by atoms with van der Waals surface area (Å²) in [5.74, 6) is 0.562. The van der Waals surface area contributed by atoms with E-state index in [1.54, 1.807) is 0 Å². The molecule has 0 bridgehead atoms. The molecule has 1 aromatic heterocycles. The molecule has 0 radical (unpaired) electrons. The van der Waals surface area contributed by atoms with E-state index < -0.39 is 0 Å². The number of aryl methyl sites for hydroxylation is 3. The van der Waals surface area contributed by atoms with Gasteiger partial charge in [0.25, 0.3) is 5.91 Å². The summed E-state index contributed by atoms with van der Waals surface area (Å²) >= 11 is 0. The number of rotatable bonds is 3. The molecule has 2 rings (SSSR count). The molecule has 0 unspecified atom stereocenters. The van der Waals surface area contributed by atoms with Crippen LogP contribution in [-0.4, -0.2) is 21.1 Å². The van der Waals surface area contributed by atoms with E-state index in [1.807, 2.05) is 32.9 Å². The van der Waals surface area contributed by atoms with Gasteiger partial charge in [0.2, 0.25) is 0 Å². The van der Waals surface area contributed by atoms with Crippen LogP contribution in [0.15, 0.2) is 18.5 Å². The molecule has 94 valence electrons. The number of aromatic nitrogens is 3. The van der Waals surface area contributed by atoms with Gasteiger partial charge in [0.15, 0.2) is 0 Å². The van der Waals surface area contributed by atoms with Gasteiger partial charge in [-0.05, 0) is 31.9 Å². The Kier molecular flexibility index (Phi) is 3.41. The molecule has 0 aliphatic carbocycles. The fraction of sp³-hybridized carbons (Fsp3) is 0.308. The first-order chi connectivity index (χ1) is 8.58. The first-order valence-electron chi connectivity index (χ1n) is 5.78. The van der Waals surface area contributed by atoms with Gasteiger partial charge in [-0.15, -0.1) is 0 Å². The van der Waals surface area contributed by atoms with Crippen LogP contribution in [0.25, 0.3) is 0 Å². The second kappa shape index (κ2) is 5.00. The Bertz CT molecular complexity index is 537. The second-order valence-corrected chi connectivity index (χ2v) is 4.39. The Labute approximate surface area is 106 Å². The van der Waals surface area contributed by atoms with Crippen LogP contribution in [0, 0.1) is 20.8 Å². The summed E-state index contributed by atoms with van der Waals surface area (Å²) in [6, 6.07) is 4.02. The normalized spacial score (nSPS) is 10.4. The van der Waals surface area contributed by atoms with Gasteiger partial charge in [-0.1, -0.05) is 17.7 Å². The van der Waals surface area contributed by atoms with Crippen molar-refractivity contribution in [2.24, 2.45) is 0 Å². The molecular formula is C13H16N4O. The number of carbonyl (C=O) groups is 1. The molecule has 2 N–H and O–H groups in total. The number of hydrogen-bond acceptors (Lipinski definition) is 3. The zero-order chi connectivity index (χ0) is 13.1. The lowest BCUT2D eigenvalue weighted by Crippen LogP contribution is -2.25. The molecule has 5 heteroatoms. The maximum atomic E-state index is 12.1. The smallest absolute Gasteiger partial charge is 0.252 e. The molecule has 0 aliphatic heterocycles. The van der Waals surface area contributed by atoms with Gasteiger partial charge in [-0.2, -0.15) is 5.10 Å². The zero-order valence-corrected chi connectivity index (χ0v) is 10.7. The van der Waals surface area contributed by atoms with Crippen LogP contribution in [-0.2, 0) is 6.54 Å². The molecule has 0 saturated heterocycles. The highest BCUT2D eigenvalue weighted by molar-refractivity contribution is 5.97. The average molecular weight is 244 g/mol. The number of hydrogen-bond donors (Lipinski definition) is 2. The van der Waals surface area contributed by atoms with E-state index in [9.17, 15) is 4.79 Å². The monoisotopic (exact) mass is 244 g/mol. The van der Waals surface area contributed by atoms with E-state index in [0.29, 0.717) is 12.4 Å². The summed E-state index contributed by atoms with van der Waals surface area (Å²) in [6.07, 6.45) is 1.42. The Morgan fingerprint density at radius 1 is 1.28 bits per heavy atom. The van der Waals surface area contributed by atoms with Crippen LogP contribution in [0.1, 0.15) is 32.9 Å². The molecule has 1 amide bonds. The van der Waals surface area contributed by atoms with Crippen molar-refractivity contribution in [3.05, 3.63) is 46.5 Å². The molecule has 1 aromatic carbocycles. The number of aromatic amines is 1. The summed E-state index contributed by atoms with van der Waals surface area (Å²) in [4.78, 5) is 16.1. The standard InChI is InChI=1S/C13H16N4O/c1-8-4-9(2)12(10(3)5-8)13(18)14-6-11-15-7-16-17-11/h4-5,7H,6H2,1-3H3,(H,14,18)(H,15,16,17). The number of amides is 1. The quantitative estimate of drug-likeness (QED) is 0.862. The summed E-state index contributed by atoms with van der Waals surface area (Å²) in [5.41, 5.74) is 3.88. The summed E-state index contributed by atoms with van der Waals surface area (Å²) < 4.78 is 0. The van der Waals surface area contributed by atoms with Gasteiger partial charge in [0, 0.05) is 5.56 Å². The maximum Gasteiger partial charge on any atom is 0.252 e. The predicted molar refractivity (Wildman–Crippen MR) is 68.2 cm³/mol. The van der Waals surface area contributed by atoms with Crippen molar-refractivity contribution in [1.82, 2.24) is 20.5 Å². The Morgan fingerprint density at radius 3 is 2.50 bits per heavy atom. The molecule has 1 heterocycles. The highest BCUT2D eigenvalue weighted by Crippen LogP contribution is 2.16. The van der Waals surface area contributed by atoms with Gasteiger partial charge in [0.05, 0.1) is 6.54 Å². The van der Waals surface area contributed by atoms with Crippen molar-refractivity contribution < 1.29 is 4.79 Å². The van der Waals surface area contributed by atoms with E-state index in [1.165, 1.54) is 6.33 Å². The van der Waals surface area contributed by atoms with E-state index in [0.717, 1.165) is 22.3 Å². The Morgan fingerprint density at radius 2 is 1.94 bits per heavy atom. The third-order valence-electron chi connectivity index (χ3n) is 2.79. The minimum atomic E-state index is -0.0820. The molecule has 18 heavy (non-hydrogen) atoms. The molecule has 2 aromatic rings. The van der Waals surface area contributed by atoms with Crippen LogP contribution in [0.3, 0.4) is 0 Å². The Hall–Kier alpha value is -2.17.